The van der Waals surface area contributed by atoms with Crippen molar-refractivity contribution in [2.75, 3.05) is 0 Å². The normalized spacial score (nSPS) is 11.5. The van der Waals surface area contributed by atoms with E-state index in [0.29, 0.717) is 5.69 Å². The van der Waals surface area contributed by atoms with Crippen molar-refractivity contribution in [1.29, 1.82) is 0 Å². The van der Waals surface area contributed by atoms with Crippen LogP contribution in [-0.2, 0) is 10.0 Å². The average Bonchev–Trinajstić information content (AvgIpc) is 2.96. The molecule has 22 heavy (non-hydrogen) atoms. The summed E-state index contributed by atoms with van der Waals surface area (Å²) in [5.74, 6) is 0. The van der Waals surface area contributed by atoms with E-state index in [2.05, 4.69) is 4.98 Å². The molecule has 0 unspecified atom stereocenters. The summed E-state index contributed by atoms with van der Waals surface area (Å²) in [6, 6.07) is 14.3. The molecule has 2 aromatic heterocycles. The van der Waals surface area contributed by atoms with Gasteiger partial charge in [0.15, 0.2) is 0 Å². The zero-order valence-electron chi connectivity index (χ0n) is 12.0. The van der Waals surface area contributed by atoms with E-state index in [1.54, 1.807) is 24.4 Å². The van der Waals surface area contributed by atoms with Crippen LogP contribution in [0.5, 0.6) is 0 Å². The maximum Gasteiger partial charge on any atom is 0.240 e. The highest BCUT2D eigenvalue weighted by molar-refractivity contribution is 7.89. The molecule has 0 saturated carbocycles. The minimum Gasteiger partial charge on any atom is -0.315 e. The van der Waals surface area contributed by atoms with E-state index in [4.69, 9.17) is 5.14 Å². The van der Waals surface area contributed by atoms with Gasteiger partial charge in [0.1, 0.15) is 4.90 Å². The Kier molecular flexibility index (Phi) is 3.56. The van der Waals surface area contributed by atoms with Gasteiger partial charge in [-0.2, -0.15) is 0 Å². The first-order valence-electron chi connectivity index (χ1n) is 6.70. The van der Waals surface area contributed by atoms with E-state index >= 15 is 0 Å². The van der Waals surface area contributed by atoms with Crippen molar-refractivity contribution in [3.05, 3.63) is 66.6 Å². The molecular weight excluding hydrogens is 298 g/mol. The molecule has 6 heteroatoms. The lowest BCUT2D eigenvalue weighted by Crippen LogP contribution is -2.15. The maximum absolute atomic E-state index is 11.8. The Morgan fingerprint density at radius 3 is 2.55 bits per heavy atom. The van der Waals surface area contributed by atoms with Crippen LogP contribution in [0.2, 0.25) is 0 Å². The minimum absolute atomic E-state index is 0.0917. The average molecular weight is 313 g/mol. The van der Waals surface area contributed by atoms with Crippen molar-refractivity contribution in [2.24, 2.45) is 5.14 Å². The summed E-state index contributed by atoms with van der Waals surface area (Å²) >= 11 is 0. The van der Waals surface area contributed by atoms with Crippen LogP contribution in [0.4, 0.5) is 0 Å². The first kappa shape index (κ1) is 14.5. The molecule has 3 aromatic rings. The van der Waals surface area contributed by atoms with Gasteiger partial charge in [-0.1, -0.05) is 12.1 Å². The second kappa shape index (κ2) is 5.40. The fourth-order valence-corrected chi connectivity index (χ4v) is 3.19. The number of rotatable bonds is 3. The van der Waals surface area contributed by atoms with Crippen LogP contribution in [0.1, 0.15) is 5.69 Å². The number of aryl methyl sites for hydroxylation is 1. The van der Waals surface area contributed by atoms with Gasteiger partial charge in [0.2, 0.25) is 10.0 Å². The molecule has 5 nitrogen and oxygen atoms in total. The van der Waals surface area contributed by atoms with Crippen LogP contribution in [0.3, 0.4) is 0 Å². The van der Waals surface area contributed by atoms with Crippen LogP contribution in [-0.4, -0.2) is 18.0 Å². The molecule has 0 aliphatic carbocycles. The Morgan fingerprint density at radius 1 is 1.05 bits per heavy atom. The predicted octanol–water partition coefficient (Wildman–Crippen LogP) is 2.50. The lowest BCUT2D eigenvalue weighted by Gasteiger charge is -2.14. The van der Waals surface area contributed by atoms with Gasteiger partial charge in [-0.15, -0.1) is 0 Å². The summed E-state index contributed by atoms with van der Waals surface area (Å²) in [7, 11) is -3.81. The largest absolute Gasteiger partial charge is 0.315 e. The van der Waals surface area contributed by atoms with E-state index < -0.39 is 10.0 Å². The van der Waals surface area contributed by atoms with Crippen molar-refractivity contribution in [2.45, 2.75) is 11.8 Å². The van der Waals surface area contributed by atoms with E-state index in [-0.39, 0.29) is 4.90 Å². The van der Waals surface area contributed by atoms with E-state index in [1.165, 1.54) is 6.07 Å². The molecule has 2 heterocycles. The summed E-state index contributed by atoms with van der Waals surface area (Å²) in [4.78, 5) is 4.38. The monoisotopic (exact) mass is 313 g/mol. The molecule has 0 atom stereocenters. The van der Waals surface area contributed by atoms with Crippen LogP contribution in [0, 0.1) is 6.92 Å². The summed E-state index contributed by atoms with van der Waals surface area (Å²) in [6.07, 6.45) is 3.54. The Bertz CT molecular complexity index is 930. The smallest absolute Gasteiger partial charge is 0.240 e. The number of primary sulfonamides is 1. The highest BCUT2D eigenvalue weighted by Gasteiger charge is 2.17. The zero-order valence-corrected chi connectivity index (χ0v) is 12.8. The van der Waals surface area contributed by atoms with E-state index in [0.717, 1.165) is 17.0 Å². The van der Waals surface area contributed by atoms with Gasteiger partial charge >= 0.3 is 0 Å². The number of para-hydroxylation sites is 1. The third-order valence-electron chi connectivity index (χ3n) is 3.46. The molecule has 0 amide bonds. The number of nitrogens with zero attached hydrogens (tertiary/aromatic N) is 2. The molecule has 2 N–H and O–H groups in total. The zero-order chi connectivity index (χ0) is 15.7. The Morgan fingerprint density at radius 2 is 1.82 bits per heavy atom. The molecule has 3 rings (SSSR count). The molecule has 0 aliphatic rings. The third-order valence-corrected chi connectivity index (χ3v) is 4.42. The lowest BCUT2D eigenvalue weighted by molar-refractivity contribution is 0.597. The Labute approximate surface area is 129 Å². The van der Waals surface area contributed by atoms with Crippen molar-refractivity contribution < 1.29 is 8.42 Å². The molecule has 1 aromatic carbocycles. The number of sulfonamides is 1. The highest BCUT2D eigenvalue weighted by Crippen LogP contribution is 2.28. The molecule has 0 aliphatic heterocycles. The molecular formula is C16H15N3O2S. The van der Waals surface area contributed by atoms with Gasteiger partial charge < -0.3 is 4.57 Å². The summed E-state index contributed by atoms with van der Waals surface area (Å²) < 4.78 is 25.4. The van der Waals surface area contributed by atoms with Crippen molar-refractivity contribution >= 4 is 10.0 Å². The van der Waals surface area contributed by atoms with Gasteiger partial charge in [-0.05, 0) is 43.3 Å². The summed E-state index contributed by atoms with van der Waals surface area (Å²) in [5, 5.41) is 5.33. The minimum atomic E-state index is -3.81. The Hall–Kier alpha value is -2.44. The molecule has 0 spiro atoms. The van der Waals surface area contributed by atoms with E-state index in [9.17, 15) is 8.42 Å². The van der Waals surface area contributed by atoms with Crippen LogP contribution in [0.15, 0.2) is 65.8 Å². The third kappa shape index (κ3) is 2.54. The van der Waals surface area contributed by atoms with Crippen molar-refractivity contribution in [1.82, 2.24) is 9.55 Å². The van der Waals surface area contributed by atoms with Gasteiger partial charge in [-0.3, -0.25) is 4.98 Å². The predicted molar refractivity (Wildman–Crippen MR) is 85.1 cm³/mol. The van der Waals surface area contributed by atoms with Gasteiger partial charge in [-0.25, -0.2) is 13.6 Å². The van der Waals surface area contributed by atoms with Crippen LogP contribution in [0.25, 0.3) is 16.9 Å². The number of pyridine rings is 1. The Balaban J connectivity index is 2.26. The van der Waals surface area contributed by atoms with Crippen molar-refractivity contribution in [3.63, 3.8) is 0 Å². The van der Waals surface area contributed by atoms with Gasteiger partial charge in [0, 0.05) is 23.7 Å². The van der Waals surface area contributed by atoms with Gasteiger partial charge in [0.25, 0.3) is 0 Å². The lowest BCUT2D eigenvalue weighted by atomic mass is 10.1. The fourth-order valence-electron chi connectivity index (χ4n) is 2.46. The molecule has 112 valence electrons. The topological polar surface area (TPSA) is 78.0 Å². The molecule has 0 radical (unpaired) electrons. The van der Waals surface area contributed by atoms with Crippen molar-refractivity contribution in [3.8, 4) is 16.9 Å². The number of nitrogens with two attached hydrogens (primary N) is 1. The number of aromatic nitrogens is 2. The van der Waals surface area contributed by atoms with Gasteiger partial charge in [0.05, 0.1) is 11.4 Å². The molecule has 0 fully saturated rings. The molecule has 0 saturated heterocycles. The van der Waals surface area contributed by atoms with E-state index in [1.807, 2.05) is 42.0 Å². The summed E-state index contributed by atoms with van der Waals surface area (Å²) in [5.41, 5.74) is 3.20. The second-order valence-electron chi connectivity index (χ2n) is 4.91. The maximum atomic E-state index is 11.8. The van der Waals surface area contributed by atoms with Crippen LogP contribution < -0.4 is 5.14 Å². The number of hydrogen-bond donors (Lipinski definition) is 1. The SMILES string of the molecule is Cc1ncccc1-c1cccn1-c1ccccc1S(N)(=O)=O. The van der Waals surface area contributed by atoms with Crippen LogP contribution >= 0.6 is 0 Å². The number of benzene rings is 1. The first-order valence-corrected chi connectivity index (χ1v) is 8.24. The quantitative estimate of drug-likeness (QED) is 0.807. The summed E-state index contributed by atoms with van der Waals surface area (Å²) in [6.45, 7) is 1.91. The number of hydrogen-bond acceptors (Lipinski definition) is 3. The second-order valence-corrected chi connectivity index (χ2v) is 6.44. The fraction of sp³-hybridized carbons (Fsp3) is 0.0625. The highest BCUT2D eigenvalue weighted by atomic mass is 32.2. The molecule has 0 bridgehead atoms. The standard InChI is InChI=1S/C16H15N3O2S/c1-12-13(6-4-10-18-12)14-8-5-11-19(14)15-7-2-3-9-16(15)22(17,20)21/h2-11H,1H3,(H2,17,20,21). The first-order chi connectivity index (χ1) is 10.5.